The van der Waals surface area contributed by atoms with Gasteiger partial charge in [0, 0.05) is 23.5 Å². The fourth-order valence-electron chi connectivity index (χ4n) is 3.01. The van der Waals surface area contributed by atoms with E-state index >= 15 is 0 Å². The van der Waals surface area contributed by atoms with Crippen molar-refractivity contribution in [1.29, 1.82) is 0 Å². The lowest BCUT2D eigenvalue weighted by atomic mass is 10.2. The molecule has 2 aromatic carbocycles. The van der Waals surface area contributed by atoms with Crippen LogP contribution in [-0.2, 0) is 0 Å². The molecule has 0 aliphatic rings. The first-order valence-electron chi connectivity index (χ1n) is 10.0. The normalized spacial score (nSPS) is 11.0. The van der Waals surface area contributed by atoms with E-state index in [1.807, 2.05) is 51.1 Å². The minimum atomic E-state index is -0.451. The van der Waals surface area contributed by atoms with Gasteiger partial charge in [-0.15, -0.1) is 0 Å². The van der Waals surface area contributed by atoms with Crippen molar-refractivity contribution in [3.63, 3.8) is 0 Å². The topological polar surface area (TPSA) is 136 Å². The zero-order chi connectivity index (χ0) is 23.4. The predicted octanol–water partition coefficient (Wildman–Crippen LogP) is 4.08. The molecule has 0 radical (unpaired) electrons. The molecule has 33 heavy (non-hydrogen) atoms. The summed E-state index contributed by atoms with van der Waals surface area (Å²) in [4.78, 5) is 23.7. The van der Waals surface area contributed by atoms with Gasteiger partial charge >= 0.3 is 0 Å². The first-order valence-corrected chi connectivity index (χ1v) is 10.0. The van der Waals surface area contributed by atoms with Gasteiger partial charge in [0.2, 0.25) is 11.9 Å². The second-order valence-corrected chi connectivity index (χ2v) is 7.33. The van der Waals surface area contributed by atoms with Gasteiger partial charge in [-0.25, -0.2) is 10.1 Å². The molecule has 0 saturated carbocycles. The lowest BCUT2D eigenvalue weighted by Crippen LogP contribution is -2.11. The van der Waals surface area contributed by atoms with Crippen LogP contribution in [0.4, 0.5) is 23.3 Å². The summed E-state index contributed by atoms with van der Waals surface area (Å²) < 4.78 is 1.63. The summed E-state index contributed by atoms with van der Waals surface area (Å²) in [6, 6.07) is 15.8. The maximum atomic E-state index is 10.8. The Bertz CT molecular complexity index is 1310. The van der Waals surface area contributed by atoms with Crippen molar-refractivity contribution in [2.45, 2.75) is 20.8 Å². The Hall–Kier alpha value is -4.67. The SMILES string of the molecule is Cc1ccc(Nc2nc(NN=Cc3ccc([N+](=O)[O-])cc3)nc(-n3nc(C)cc3C)n2)cc1. The van der Waals surface area contributed by atoms with E-state index < -0.39 is 4.92 Å². The summed E-state index contributed by atoms with van der Waals surface area (Å²) in [6.07, 6.45) is 1.52. The van der Waals surface area contributed by atoms with Gasteiger partial charge in [0.1, 0.15) is 0 Å². The van der Waals surface area contributed by atoms with Gasteiger partial charge in [0.25, 0.3) is 11.6 Å². The number of hydrogen-bond donors (Lipinski definition) is 2. The number of nitro benzene ring substituents is 1. The second-order valence-electron chi connectivity index (χ2n) is 7.33. The average Bonchev–Trinajstić information content (AvgIpc) is 3.13. The number of anilines is 3. The molecule has 0 bridgehead atoms. The van der Waals surface area contributed by atoms with E-state index in [-0.39, 0.29) is 11.6 Å². The zero-order valence-electron chi connectivity index (χ0n) is 18.2. The molecular formula is C22H21N9O2. The Morgan fingerprint density at radius 1 is 0.970 bits per heavy atom. The standard InChI is InChI=1S/C22H21N9O2/c1-14-4-8-18(9-5-14)24-20-25-21(27-22(26-20)30-16(3)12-15(2)29-30)28-23-13-17-6-10-19(11-7-17)31(32)33/h4-13H,1-3H3,(H2,24,25,26,27,28). The van der Waals surface area contributed by atoms with Crippen LogP contribution in [0.2, 0.25) is 0 Å². The summed E-state index contributed by atoms with van der Waals surface area (Å²) in [5, 5.41) is 22.6. The number of benzene rings is 2. The van der Waals surface area contributed by atoms with Crippen molar-refractivity contribution in [1.82, 2.24) is 24.7 Å². The van der Waals surface area contributed by atoms with Gasteiger partial charge in [-0.05, 0) is 56.7 Å². The van der Waals surface area contributed by atoms with E-state index in [9.17, 15) is 10.1 Å². The maximum absolute atomic E-state index is 10.8. The molecule has 2 heterocycles. The molecule has 0 aliphatic heterocycles. The number of hydrazone groups is 1. The number of aryl methyl sites for hydroxylation is 3. The number of non-ortho nitro benzene ring substituents is 1. The van der Waals surface area contributed by atoms with Crippen LogP contribution in [0, 0.1) is 30.9 Å². The van der Waals surface area contributed by atoms with Gasteiger partial charge in [0.15, 0.2) is 0 Å². The summed E-state index contributed by atoms with van der Waals surface area (Å²) in [7, 11) is 0. The van der Waals surface area contributed by atoms with Crippen LogP contribution in [0.5, 0.6) is 0 Å². The molecular weight excluding hydrogens is 422 g/mol. The highest BCUT2D eigenvalue weighted by molar-refractivity contribution is 5.80. The average molecular weight is 443 g/mol. The number of nitrogens with zero attached hydrogens (tertiary/aromatic N) is 7. The number of nitrogens with one attached hydrogen (secondary N) is 2. The molecule has 4 rings (SSSR count). The number of rotatable bonds is 7. The largest absolute Gasteiger partial charge is 0.324 e. The van der Waals surface area contributed by atoms with Crippen LogP contribution < -0.4 is 10.7 Å². The first-order chi connectivity index (χ1) is 15.9. The number of nitro groups is 1. The van der Waals surface area contributed by atoms with Gasteiger partial charge in [-0.2, -0.15) is 25.2 Å². The Morgan fingerprint density at radius 2 is 1.67 bits per heavy atom. The third kappa shape index (κ3) is 5.34. The van der Waals surface area contributed by atoms with Crippen molar-refractivity contribution in [2.24, 2.45) is 5.10 Å². The van der Waals surface area contributed by atoms with Crippen LogP contribution in [0.25, 0.3) is 5.95 Å². The highest BCUT2D eigenvalue weighted by Gasteiger charge is 2.12. The number of hydrogen-bond acceptors (Lipinski definition) is 9. The molecule has 0 amide bonds. The van der Waals surface area contributed by atoms with Crippen molar-refractivity contribution in [2.75, 3.05) is 10.7 Å². The Labute approximate surface area is 189 Å². The molecule has 2 N–H and O–H groups in total. The second kappa shape index (κ2) is 9.22. The molecule has 0 unspecified atom stereocenters. The third-order valence-electron chi connectivity index (χ3n) is 4.61. The minimum absolute atomic E-state index is 0.0129. The van der Waals surface area contributed by atoms with E-state index in [0.29, 0.717) is 17.5 Å². The van der Waals surface area contributed by atoms with Gasteiger partial charge in [-0.3, -0.25) is 10.1 Å². The summed E-state index contributed by atoms with van der Waals surface area (Å²) in [6.45, 7) is 5.82. The van der Waals surface area contributed by atoms with Crippen molar-refractivity contribution >= 4 is 29.5 Å². The third-order valence-corrected chi connectivity index (χ3v) is 4.61. The molecule has 0 saturated heterocycles. The van der Waals surface area contributed by atoms with E-state index in [1.54, 1.807) is 16.8 Å². The fraction of sp³-hybridized carbons (Fsp3) is 0.136. The first kappa shape index (κ1) is 21.6. The van der Waals surface area contributed by atoms with E-state index in [1.165, 1.54) is 18.3 Å². The number of aromatic nitrogens is 5. The van der Waals surface area contributed by atoms with Crippen molar-refractivity contribution in [3.8, 4) is 5.95 Å². The molecule has 11 nitrogen and oxygen atoms in total. The van der Waals surface area contributed by atoms with Gasteiger partial charge in [-0.1, -0.05) is 17.7 Å². The van der Waals surface area contributed by atoms with E-state index in [2.05, 4.69) is 35.9 Å². The van der Waals surface area contributed by atoms with Crippen LogP contribution in [0.3, 0.4) is 0 Å². The van der Waals surface area contributed by atoms with Gasteiger partial charge < -0.3 is 5.32 Å². The Kier molecular flexibility index (Phi) is 6.02. The summed E-state index contributed by atoms with van der Waals surface area (Å²) >= 11 is 0. The monoisotopic (exact) mass is 443 g/mol. The molecule has 0 aliphatic carbocycles. The van der Waals surface area contributed by atoms with E-state index in [0.717, 1.165) is 22.6 Å². The Balaban J connectivity index is 1.61. The molecule has 0 atom stereocenters. The zero-order valence-corrected chi connectivity index (χ0v) is 18.2. The molecule has 4 aromatic rings. The summed E-state index contributed by atoms with van der Waals surface area (Å²) in [5.41, 5.74) is 7.17. The molecule has 166 valence electrons. The van der Waals surface area contributed by atoms with Crippen LogP contribution in [0.15, 0.2) is 59.7 Å². The predicted molar refractivity (Wildman–Crippen MR) is 125 cm³/mol. The van der Waals surface area contributed by atoms with Crippen molar-refractivity contribution < 1.29 is 4.92 Å². The van der Waals surface area contributed by atoms with Crippen LogP contribution in [0.1, 0.15) is 22.5 Å². The molecule has 2 aromatic heterocycles. The lowest BCUT2D eigenvalue weighted by Gasteiger charge is -2.09. The summed E-state index contributed by atoms with van der Waals surface area (Å²) in [5.74, 6) is 0.864. The molecule has 0 spiro atoms. The molecule has 11 heteroatoms. The minimum Gasteiger partial charge on any atom is -0.324 e. The lowest BCUT2D eigenvalue weighted by molar-refractivity contribution is -0.384. The fourth-order valence-corrected chi connectivity index (χ4v) is 3.01. The molecule has 0 fully saturated rings. The Morgan fingerprint density at radius 3 is 2.30 bits per heavy atom. The van der Waals surface area contributed by atoms with Crippen LogP contribution in [-0.4, -0.2) is 35.9 Å². The highest BCUT2D eigenvalue weighted by atomic mass is 16.6. The quantitative estimate of drug-likeness (QED) is 0.248. The van der Waals surface area contributed by atoms with Crippen LogP contribution >= 0.6 is 0 Å². The van der Waals surface area contributed by atoms with E-state index in [4.69, 9.17) is 0 Å². The maximum Gasteiger partial charge on any atom is 0.269 e. The highest BCUT2D eigenvalue weighted by Crippen LogP contribution is 2.17. The van der Waals surface area contributed by atoms with Crippen molar-refractivity contribution in [3.05, 3.63) is 87.2 Å². The van der Waals surface area contributed by atoms with Gasteiger partial charge in [0.05, 0.1) is 16.8 Å². The smallest absolute Gasteiger partial charge is 0.269 e.